The van der Waals surface area contributed by atoms with E-state index < -0.39 is 10.0 Å². The largest absolute Gasteiger partial charge is 0.454 e. The highest BCUT2D eigenvalue weighted by atomic mass is 35.5. The van der Waals surface area contributed by atoms with Crippen LogP contribution in [0, 0.1) is 0 Å². The van der Waals surface area contributed by atoms with E-state index >= 15 is 0 Å². The van der Waals surface area contributed by atoms with E-state index in [1.807, 2.05) is 33.2 Å². The van der Waals surface area contributed by atoms with E-state index in [1.54, 1.807) is 33.5 Å². The number of aromatic nitrogens is 1. The molecule has 1 atom stereocenters. The number of ether oxygens (including phenoxy) is 2. The van der Waals surface area contributed by atoms with Gasteiger partial charge in [0.2, 0.25) is 16.8 Å². The fourth-order valence-electron chi connectivity index (χ4n) is 4.74. The topological polar surface area (TPSA) is 92.3 Å². The second kappa shape index (κ2) is 11.7. The van der Waals surface area contributed by atoms with Crippen LogP contribution in [0.5, 0.6) is 11.5 Å². The summed E-state index contributed by atoms with van der Waals surface area (Å²) in [5.74, 6) is 1.11. The SMILES string of the molecule is CC1CCCCN1S(=O)(=O)c1ccc(C(=O)N(CCCN(C)C)c2nc3cc4c(cc3s2)OCO4)cc1.Cl. The van der Waals surface area contributed by atoms with Gasteiger partial charge in [-0.2, -0.15) is 4.31 Å². The average molecular weight is 581 g/mol. The van der Waals surface area contributed by atoms with Crippen LogP contribution in [0.15, 0.2) is 41.3 Å². The average Bonchev–Trinajstić information content (AvgIpc) is 3.50. The third kappa shape index (κ3) is 5.76. The van der Waals surface area contributed by atoms with Crippen molar-refractivity contribution in [2.45, 2.75) is 43.5 Å². The van der Waals surface area contributed by atoms with Crippen molar-refractivity contribution in [1.82, 2.24) is 14.2 Å². The number of hydrogen-bond donors (Lipinski definition) is 0. The van der Waals surface area contributed by atoms with E-state index in [2.05, 4.69) is 4.90 Å². The van der Waals surface area contributed by atoms with Crippen LogP contribution in [0.25, 0.3) is 10.2 Å². The highest BCUT2D eigenvalue weighted by Crippen LogP contribution is 2.40. The minimum Gasteiger partial charge on any atom is -0.454 e. The normalized spacial score (nSPS) is 17.5. The van der Waals surface area contributed by atoms with Gasteiger partial charge in [-0.15, -0.1) is 12.4 Å². The molecule has 5 rings (SSSR count). The van der Waals surface area contributed by atoms with E-state index in [1.165, 1.54) is 11.3 Å². The molecule has 9 nitrogen and oxygen atoms in total. The Morgan fingerprint density at radius 1 is 1.11 bits per heavy atom. The first kappa shape index (κ1) is 28.6. The van der Waals surface area contributed by atoms with Crippen LogP contribution in [0.1, 0.15) is 43.0 Å². The van der Waals surface area contributed by atoms with Crippen molar-refractivity contribution in [2.24, 2.45) is 0 Å². The molecule has 1 aromatic heterocycles. The lowest BCUT2D eigenvalue weighted by atomic mass is 10.1. The Morgan fingerprint density at radius 3 is 2.50 bits per heavy atom. The van der Waals surface area contributed by atoms with Crippen LogP contribution in [0.3, 0.4) is 0 Å². The quantitative estimate of drug-likeness (QED) is 0.384. The molecule has 0 spiro atoms. The number of carbonyl (C=O) groups excluding carboxylic acids is 1. The van der Waals surface area contributed by atoms with Gasteiger partial charge in [-0.25, -0.2) is 13.4 Å². The van der Waals surface area contributed by atoms with Crippen molar-refractivity contribution in [3.63, 3.8) is 0 Å². The number of nitrogens with zero attached hydrogens (tertiary/aromatic N) is 4. The molecule has 38 heavy (non-hydrogen) atoms. The van der Waals surface area contributed by atoms with Crippen molar-refractivity contribution >= 4 is 55.0 Å². The number of sulfonamides is 1. The number of benzene rings is 2. The predicted molar refractivity (Wildman–Crippen MR) is 151 cm³/mol. The second-order valence-corrected chi connectivity index (χ2v) is 12.7. The van der Waals surface area contributed by atoms with Gasteiger partial charge in [-0.05, 0) is 71.1 Å². The first-order valence-corrected chi connectivity index (χ1v) is 14.8. The molecule has 0 aliphatic carbocycles. The van der Waals surface area contributed by atoms with E-state index in [4.69, 9.17) is 14.5 Å². The predicted octanol–water partition coefficient (Wildman–Crippen LogP) is 4.61. The lowest BCUT2D eigenvalue weighted by Crippen LogP contribution is -2.41. The summed E-state index contributed by atoms with van der Waals surface area (Å²) in [5, 5.41) is 0.585. The van der Waals surface area contributed by atoms with Crippen molar-refractivity contribution in [3.05, 3.63) is 42.0 Å². The van der Waals surface area contributed by atoms with Gasteiger partial charge in [0.1, 0.15) is 0 Å². The van der Waals surface area contributed by atoms with Crippen LogP contribution < -0.4 is 14.4 Å². The number of rotatable bonds is 8. The number of thiazole rings is 1. The first-order chi connectivity index (χ1) is 17.7. The number of fused-ring (bicyclic) bond motifs is 2. The van der Waals surface area contributed by atoms with Gasteiger partial charge in [0.15, 0.2) is 16.6 Å². The van der Waals surface area contributed by atoms with Crippen LogP contribution in [-0.2, 0) is 10.0 Å². The third-order valence-electron chi connectivity index (χ3n) is 6.78. The molecule has 0 saturated carbocycles. The smallest absolute Gasteiger partial charge is 0.260 e. The Balaban J connectivity index is 0.00000336. The van der Waals surface area contributed by atoms with Crippen molar-refractivity contribution in [2.75, 3.05) is 45.4 Å². The van der Waals surface area contributed by atoms with Gasteiger partial charge in [0, 0.05) is 36.8 Å². The third-order valence-corrected chi connectivity index (χ3v) is 9.85. The van der Waals surface area contributed by atoms with Crippen LogP contribution in [0.4, 0.5) is 5.13 Å². The van der Waals surface area contributed by atoms with Crippen molar-refractivity contribution < 1.29 is 22.7 Å². The van der Waals surface area contributed by atoms with E-state index in [-0.39, 0.29) is 36.0 Å². The monoisotopic (exact) mass is 580 g/mol. The van der Waals surface area contributed by atoms with Crippen molar-refractivity contribution in [1.29, 1.82) is 0 Å². The summed E-state index contributed by atoms with van der Waals surface area (Å²) >= 11 is 1.42. The Hall–Kier alpha value is -2.44. The molecule has 2 aromatic carbocycles. The maximum atomic E-state index is 13.7. The van der Waals surface area contributed by atoms with Gasteiger partial charge < -0.3 is 14.4 Å². The zero-order chi connectivity index (χ0) is 26.2. The van der Waals surface area contributed by atoms with Gasteiger partial charge in [-0.3, -0.25) is 9.69 Å². The molecule has 0 bridgehead atoms. The number of carbonyl (C=O) groups is 1. The highest BCUT2D eigenvalue weighted by molar-refractivity contribution is 7.89. The summed E-state index contributed by atoms with van der Waals surface area (Å²) in [5.41, 5.74) is 1.16. The Morgan fingerprint density at radius 2 is 1.82 bits per heavy atom. The van der Waals surface area contributed by atoms with Crippen LogP contribution >= 0.6 is 23.7 Å². The molecule has 1 saturated heterocycles. The molecule has 12 heteroatoms. The highest BCUT2D eigenvalue weighted by Gasteiger charge is 2.31. The Kier molecular flexibility index (Phi) is 8.83. The van der Waals surface area contributed by atoms with E-state index in [0.29, 0.717) is 35.3 Å². The van der Waals surface area contributed by atoms with E-state index in [9.17, 15) is 13.2 Å². The van der Waals surface area contributed by atoms with Gasteiger partial charge in [0.25, 0.3) is 5.91 Å². The summed E-state index contributed by atoms with van der Waals surface area (Å²) in [6.45, 7) is 3.97. The molecular weight excluding hydrogens is 548 g/mol. The molecule has 1 amide bonds. The Bertz CT molecular complexity index is 1350. The summed E-state index contributed by atoms with van der Waals surface area (Å²) < 4.78 is 39.9. The first-order valence-electron chi connectivity index (χ1n) is 12.5. The molecular formula is C26H33ClN4O5S2. The second-order valence-electron chi connectivity index (χ2n) is 9.77. The molecule has 3 aromatic rings. The molecule has 1 unspecified atom stereocenters. The van der Waals surface area contributed by atoms with Crippen LogP contribution in [-0.4, -0.2) is 75.1 Å². The lowest BCUT2D eigenvalue weighted by molar-refractivity contribution is 0.0986. The zero-order valence-electron chi connectivity index (χ0n) is 21.8. The molecule has 0 N–H and O–H groups in total. The van der Waals surface area contributed by atoms with Gasteiger partial charge >= 0.3 is 0 Å². The maximum Gasteiger partial charge on any atom is 0.260 e. The van der Waals surface area contributed by atoms with E-state index in [0.717, 1.165) is 42.4 Å². The molecule has 3 heterocycles. The molecule has 1 fully saturated rings. The van der Waals surface area contributed by atoms with Gasteiger partial charge in [0.05, 0.1) is 15.1 Å². The summed E-state index contributed by atoms with van der Waals surface area (Å²) in [7, 11) is 0.384. The fraction of sp³-hybridized carbons (Fsp3) is 0.462. The number of halogens is 1. The van der Waals surface area contributed by atoms with Gasteiger partial charge in [-0.1, -0.05) is 17.8 Å². The molecule has 2 aliphatic heterocycles. The molecule has 0 radical (unpaired) electrons. The standard InChI is InChI=1S/C26H32N4O5S2.ClH/c1-18-7-4-5-14-30(18)37(32,33)20-10-8-19(9-11-20)25(31)29(13-6-12-28(2)3)26-27-21-15-22-23(35-17-34-22)16-24(21)36-26;/h8-11,15-16,18H,4-7,12-14,17H2,1-3H3;1H. The fourth-order valence-corrected chi connectivity index (χ4v) is 7.44. The summed E-state index contributed by atoms with van der Waals surface area (Å²) in [6.07, 6.45) is 3.53. The summed E-state index contributed by atoms with van der Waals surface area (Å²) in [4.78, 5) is 22.4. The zero-order valence-corrected chi connectivity index (χ0v) is 24.2. The number of hydrogen-bond acceptors (Lipinski definition) is 8. The lowest BCUT2D eigenvalue weighted by Gasteiger charge is -2.32. The summed E-state index contributed by atoms with van der Waals surface area (Å²) in [6, 6.07) is 9.99. The maximum absolute atomic E-state index is 13.7. The van der Waals surface area contributed by atoms with Crippen LogP contribution in [0.2, 0.25) is 0 Å². The molecule has 206 valence electrons. The van der Waals surface area contributed by atoms with Crippen molar-refractivity contribution in [3.8, 4) is 11.5 Å². The molecule has 2 aliphatic rings. The number of amides is 1. The minimum absolute atomic E-state index is 0. The Labute approximate surface area is 233 Å². The minimum atomic E-state index is -3.60. The number of piperidine rings is 1. The number of anilines is 1.